The van der Waals surface area contributed by atoms with E-state index in [-0.39, 0.29) is 0 Å². The average molecular weight is 293 g/mol. The molecule has 0 aromatic carbocycles. The highest BCUT2D eigenvalue weighted by Gasteiger charge is 2.27. The maximum absolute atomic E-state index is 5.51. The standard InChI is InChI=1S/C16H27N3O2/c1-2-17-14(12-6-3-4-7-12)10-15-18-16(19-21-15)13-8-5-9-20-11-13/h12-14,17H,2-11H2,1H3. The lowest BCUT2D eigenvalue weighted by molar-refractivity contribution is 0.0773. The van der Waals surface area contributed by atoms with Crippen LogP contribution in [0.5, 0.6) is 0 Å². The Morgan fingerprint density at radius 1 is 1.24 bits per heavy atom. The average Bonchev–Trinajstić information content (AvgIpc) is 3.19. The smallest absolute Gasteiger partial charge is 0.228 e. The maximum atomic E-state index is 5.51. The molecular weight excluding hydrogens is 266 g/mol. The van der Waals surface area contributed by atoms with Crippen molar-refractivity contribution in [2.24, 2.45) is 5.92 Å². The van der Waals surface area contributed by atoms with Crippen LogP contribution in [0.2, 0.25) is 0 Å². The summed E-state index contributed by atoms with van der Waals surface area (Å²) in [4.78, 5) is 4.63. The molecule has 1 aromatic rings. The van der Waals surface area contributed by atoms with Gasteiger partial charge >= 0.3 is 0 Å². The van der Waals surface area contributed by atoms with Crippen molar-refractivity contribution < 1.29 is 9.26 Å². The highest BCUT2D eigenvalue weighted by molar-refractivity contribution is 4.98. The lowest BCUT2D eigenvalue weighted by Gasteiger charge is -2.22. The topological polar surface area (TPSA) is 60.2 Å². The number of hydrogen-bond acceptors (Lipinski definition) is 5. The first-order valence-electron chi connectivity index (χ1n) is 8.50. The molecule has 0 amide bonds. The minimum absolute atomic E-state index is 0.320. The van der Waals surface area contributed by atoms with Crippen LogP contribution in [0, 0.1) is 5.92 Å². The predicted octanol–water partition coefficient (Wildman–Crippen LogP) is 2.67. The zero-order valence-corrected chi connectivity index (χ0v) is 13.0. The van der Waals surface area contributed by atoms with Crippen molar-refractivity contribution in [2.75, 3.05) is 19.8 Å². The zero-order chi connectivity index (χ0) is 14.5. The van der Waals surface area contributed by atoms with Gasteiger partial charge in [0.05, 0.1) is 6.61 Å². The normalized spacial score (nSPS) is 25.3. The highest BCUT2D eigenvalue weighted by Crippen LogP contribution is 2.29. The van der Waals surface area contributed by atoms with E-state index in [0.717, 1.165) is 56.7 Å². The predicted molar refractivity (Wildman–Crippen MR) is 80.2 cm³/mol. The van der Waals surface area contributed by atoms with Crippen LogP contribution in [-0.2, 0) is 11.2 Å². The quantitative estimate of drug-likeness (QED) is 0.874. The first-order valence-corrected chi connectivity index (χ1v) is 8.50. The first kappa shape index (κ1) is 15.0. The van der Waals surface area contributed by atoms with Crippen molar-refractivity contribution in [2.45, 2.75) is 63.8 Å². The lowest BCUT2D eigenvalue weighted by atomic mass is 9.95. The van der Waals surface area contributed by atoms with E-state index < -0.39 is 0 Å². The van der Waals surface area contributed by atoms with Gasteiger partial charge in [0, 0.05) is 25.0 Å². The molecule has 21 heavy (non-hydrogen) atoms. The summed E-state index contributed by atoms with van der Waals surface area (Å²) in [6.45, 7) is 4.77. The Labute approximate surface area is 126 Å². The molecule has 2 fully saturated rings. The number of aromatic nitrogens is 2. The molecule has 1 saturated heterocycles. The molecular formula is C16H27N3O2. The molecule has 5 heteroatoms. The summed E-state index contributed by atoms with van der Waals surface area (Å²) in [5.41, 5.74) is 0. The summed E-state index contributed by atoms with van der Waals surface area (Å²) < 4.78 is 11.0. The minimum Gasteiger partial charge on any atom is -0.381 e. The molecule has 0 radical (unpaired) electrons. The largest absolute Gasteiger partial charge is 0.381 e. The Kier molecular flexibility index (Phi) is 5.25. The van der Waals surface area contributed by atoms with Crippen LogP contribution >= 0.6 is 0 Å². The molecule has 2 unspecified atom stereocenters. The van der Waals surface area contributed by atoms with Crippen LogP contribution in [-0.4, -0.2) is 35.9 Å². The van der Waals surface area contributed by atoms with E-state index in [1.165, 1.54) is 25.7 Å². The number of hydrogen-bond donors (Lipinski definition) is 1. The molecule has 1 saturated carbocycles. The van der Waals surface area contributed by atoms with Gasteiger partial charge in [-0.1, -0.05) is 24.9 Å². The highest BCUT2D eigenvalue weighted by atomic mass is 16.5. The van der Waals surface area contributed by atoms with Crippen LogP contribution in [0.15, 0.2) is 4.52 Å². The van der Waals surface area contributed by atoms with E-state index in [0.29, 0.717) is 12.0 Å². The van der Waals surface area contributed by atoms with Crippen molar-refractivity contribution in [1.82, 2.24) is 15.5 Å². The van der Waals surface area contributed by atoms with E-state index in [4.69, 9.17) is 9.26 Å². The molecule has 1 aliphatic carbocycles. The third-order valence-corrected chi connectivity index (χ3v) is 4.84. The fourth-order valence-electron chi connectivity index (χ4n) is 3.68. The molecule has 0 bridgehead atoms. The minimum atomic E-state index is 0.320. The number of nitrogens with one attached hydrogen (secondary N) is 1. The molecule has 5 nitrogen and oxygen atoms in total. The van der Waals surface area contributed by atoms with Gasteiger partial charge in [0.1, 0.15) is 0 Å². The van der Waals surface area contributed by atoms with Gasteiger partial charge < -0.3 is 14.6 Å². The summed E-state index contributed by atoms with van der Waals surface area (Å²) in [5.74, 6) is 2.71. The molecule has 1 aliphatic heterocycles. The van der Waals surface area contributed by atoms with Crippen LogP contribution in [0.1, 0.15) is 63.1 Å². The van der Waals surface area contributed by atoms with Gasteiger partial charge in [-0.05, 0) is 38.1 Å². The van der Waals surface area contributed by atoms with Gasteiger partial charge in [-0.15, -0.1) is 0 Å². The second-order valence-corrected chi connectivity index (χ2v) is 6.37. The van der Waals surface area contributed by atoms with Crippen molar-refractivity contribution in [3.63, 3.8) is 0 Å². The van der Waals surface area contributed by atoms with Crippen LogP contribution in [0.4, 0.5) is 0 Å². The van der Waals surface area contributed by atoms with E-state index in [9.17, 15) is 0 Å². The van der Waals surface area contributed by atoms with Gasteiger partial charge in [-0.25, -0.2) is 0 Å². The SMILES string of the molecule is CCNC(Cc1nc(C2CCCOC2)no1)C1CCCC1. The number of rotatable bonds is 6. The molecule has 2 aliphatic rings. The van der Waals surface area contributed by atoms with Crippen LogP contribution in [0.3, 0.4) is 0 Å². The van der Waals surface area contributed by atoms with Crippen LogP contribution < -0.4 is 5.32 Å². The Morgan fingerprint density at radius 2 is 2.10 bits per heavy atom. The third-order valence-electron chi connectivity index (χ3n) is 4.84. The Balaban J connectivity index is 1.61. The fraction of sp³-hybridized carbons (Fsp3) is 0.875. The second-order valence-electron chi connectivity index (χ2n) is 6.37. The zero-order valence-electron chi connectivity index (χ0n) is 13.0. The fourth-order valence-corrected chi connectivity index (χ4v) is 3.68. The van der Waals surface area contributed by atoms with Crippen molar-refractivity contribution in [1.29, 1.82) is 0 Å². The van der Waals surface area contributed by atoms with Crippen molar-refractivity contribution >= 4 is 0 Å². The monoisotopic (exact) mass is 293 g/mol. The summed E-state index contributed by atoms with van der Waals surface area (Å²) in [6, 6.07) is 0.480. The Hall–Kier alpha value is -0.940. The molecule has 2 heterocycles. The Bertz CT molecular complexity index is 423. The molecule has 0 spiro atoms. The van der Waals surface area contributed by atoms with E-state index in [2.05, 4.69) is 22.4 Å². The first-order chi connectivity index (χ1) is 10.4. The van der Waals surface area contributed by atoms with Gasteiger partial charge in [-0.3, -0.25) is 0 Å². The number of nitrogens with zero attached hydrogens (tertiary/aromatic N) is 2. The second kappa shape index (κ2) is 7.36. The molecule has 118 valence electrons. The van der Waals surface area contributed by atoms with Gasteiger partial charge in [0.15, 0.2) is 5.82 Å². The number of ether oxygens (including phenoxy) is 1. The summed E-state index contributed by atoms with van der Waals surface area (Å²) >= 11 is 0. The van der Waals surface area contributed by atoms with E-state index in [1.807, 2.05) is 0 Å². The summed E-state index contributed by atoms with van der Waals surface area (Å²) in [5, 5.41) is 7.80. The van der Waals surface area contributed by atoms with E-state index >= 15 is 0 Å². The summed E-state index contributed by atoms with van der Waals surface area (Å²) in [7, 11) is 0. The lowest BCUT2D eigenvalue weighted by Crippen LogP contribution is -2.37. The van der Waals surface area contributed by atoms with Gasteiger partial charge in [-0.2, -0.15) is 4.98 Å². The molecule has 1 aromatic heterocycles. The van der Waals surface area contributed by atoms with Crippen molar-refractivity contribution in [3.05, 3.63) is 11.7 Å². The number of likely N-dealkylation sites (N-methyl/N-ethyl adjacent to an activating group) is 1. The van der Waals surface area contributed by atoms with Gasteiger partial charge in [0.2, 0.25) is 5.89 Å². The van der Waals surface area contributed by atoms with Crippen LogP contribution in [0.25, 0.3) is 0 Å². The van der Waals surface area contributed by atoms with Crippen molar-refractivity contribution in [3.8, 4) is 0 Å². The maximum Gasteiger partial charge on any atom is 0.228 e. The van der Waals surface area contributed by atoms with Gasteiger partial charge in [0.25, 0.3) is 0 Å². The third kappa shape index (κ3) is 3.83. The molecule has 1 N–H and O–H groups in total. The molecule has 3 rings (SSSR count). The molecule has 2 atom stereocenters. The Morgan fingerprint density at radius 3 is 2.81 bits per heavy atom. The summed E-state index contributed by atoms with van der Waals surface area (Å²) in [6.07, 6.45) is 8.44. The van der Waals surface area contributed by atoms with E-state index in [1.54, 1.807) is 0 Å².